The molecule has 0 saturated carbocycles. The Balaban J connectivity index is 1.48. The molecule has 0 aliphatic carbocycles. The Labute approximate surface area is 664 Å². The van der Waals surface area contributed by atoms with E-state index in [9.17, 15) is 81.3 Å². The molecular formula is C71H98F2N22O18S2. The number of benzene rings is 2. The number of primary amides is 2. The average molecular weight is 1650 g/mol. The van der Waals surface area contributed by atoms with Gasteiger partial charge in [0.25, 0.3) is 0 Å². The summed E-state index contributed by atoms with van der Waals surface area (Å²) in [7, 11) is 1.58. The molecule has 44 heteroatoms. The standard InChI is InChI=1S/C71H98F2N22O18S2/c1-8-32(4)57(85-35(7)97)70(113)93-52-29-115-114-28-51(68(111)95-58(34(6)96)59(75)102)92-62(105)43(10-9-17-79-71(76)77)86-65(108)49(22-40-26-78-30-83-40)88-60(103)33(5)84-54(99)27-82-61(104)47(18-36-24-80-45-20-38(72)11-13-41(36)45)89-66(109)50(23-55(100)101)90-63(106)44(15-16-53(74)98)87-64(107)48(91-69(112)56(31(2)3)94-67(52)110)19-37-25-81-46-21-39(73)12-14-42(37)46/h11-14,20-21,24-26,30-34,43-44,47-52,56-58,80-81,96H,8-10,15-19,22-23,27-29H2,1-7H3,(H2,74,98)(H2,75,102)(H,78,83)(H,82,104)(H,84,99)(H,85,97)(H,86,108)(H,87,107)(H,88,103)(H,89,109)(H,90,106)(H,91,112)(H,92,105)(H,93,113)(H,94,110)(H,95,111)(H,100,101)(H4,76,77,79)/t32-,33-,34+,43-,44-,47-,48-,49-,50-,51-,52-,56-,57-,58-/m0/s1. The van der Waals surface area contributed by atoms with Crippen LogP contribution in [0, 0.1) is 28.9 Å². The molecule has 1 aliphatic heterocycles. The van der Waals surface area contributed by atoms with Gasteiger partial charge in [0.1, 0.15) is 84.1 Å². The van der Waals surface area contributed by atoms with Gasteiger partial charge < -0.3 is 117 Å². The van der Waals surface area contributed by atoms with Crippen molar-refractivity contribution in [2.75, 3.05) is 24.6 Å². The van der Waals surface area contributed by atoms with E-state index in [2.05, 4.69) is 94.4 Å². The Morgan fingerprint density at radius 1 is 0.635 bits per heavy atom. The molecular weight excluding hydrogens is 1550 g/mol. The van der Waals surface area contributed by atoms with Crippen molar-refractivity contribution in [1.29, 1.82) is 5.41 Å². The minimum atomic E-state index is -2.14. The van der Waals surface area contributed by atoms with E-state index in [1.54, 1.807) is 13.8 Å². The molecule has 4 heterocycles. The molecule has 115 heavy (non-hydrogen) atoms. The van der Waals surface area contributed by atoms with Crippen molar-refractivity contribution >= 4 is 144 Å². The summed E-state index contributed by atoms with van der Waals surface area (Å²) in [5.74, 6) is -22.2. The fourth-order valence-electron chi connectivity index (χ4n) is 11.9. The zero-order chi connectivity index (χ0) is 85.1. The lowest BCUT2D eigenvalue weighted by molar-refractivity contribution is -0.141. The summed E-state index contributed by atoms with van der Waals surface area (Å²) >= 11 is 0. The molecule has 1 fully saturated rings. The maximum Gasteiger partial charge on any atom is 0.305 e. The number of aromatic amines is 3. The van der Waals surface area contributed by atoms with Crippen LogP contribution in [0.3, 0.4) is 0 Å². The molecule has 6 rings (SSSR count). The van der Waals surface area contributed by atoms with Gasteiger partial charge >= 0.3 is 5.97 Å². The van der Waals surface area contributed by atoms with Crippen LogP contribution in [0.4, 0.5) is 8.78 Å². The highest BCUT2D eigenvalue weighted by Gasteiger charge is 2.39. The summed E-state index contributed by atoms with van der Waals surface area (Å²) in [5.41, 5.74) is 17.8. The number of aliphatic carboxylic acids is 1. The Morgan fingerprint density at radius 2 is 1.17 bits per heavy atom. The second-order valence-corrected chi connectivity index (χ2v) is 30.3. The number of hydrogen-bond donors (Lipinski definition) is 23. The first kappa shape index (κ1) is 91.9. The zero-order valence-corrected chi connectivity index (χ0v) is 65.4. The number of amides is 15. The average Bonchev–Trinajstić information content (AvgIpc) is 1.70. The highest BCUT2D eigenvalue weighted by atomic mass is 33.1. The van der Waals surface area contributed by atoms with Crippen LogP contribution < -0.4 is 91.6 Å². The number of imidazole rings is 1. The number of guanidine groups is 1. The van der Waals surface area contributed by atoms with Crippen molar-refractivity contribution in [3.05, 3.63) is 89.8 Å². The zero-order valence-electron chi connectivity index (χ0n) is 63.8. The van der Waals surface area contributed by atoms with E-state index in [4.69, 9.17) is 22.6 Å². The van der Waals surface area contributed by atoms with Crippen LogP contribution in [-0.2, 0) is 96.0 Å². The number of H-pyrrole nitrogens is 3. The fraction of sp³-hybridized carbons (Fsp3) is 0.493. The van der Waals surface area contributed by atoms with E-state index in [1.807, 2.05) is 0 Å². The summed E-state index contributed by atoms with van der Waals surface area (Å²) in [5, 5.41) is 63.8. The number of halogens is 2. The number of fused-ring (bicyclic) bond motifs is 2. The Hall–Kier alpha value is -12.0. The van der Waals surface area contributed by atoms with Crippen molar-refractivity contribution in [3.8, 4) is 0 Å². The van der Waals surface area contributed by atoms with Crippen molar-refractivity contribution in [1.82, 2.24) is 94.4 Å². The van der Waals surface area contributed by atoms with E-state index >= 15 is 14.4 Å². The van der Waals surface area contributed by atoms with E-state index in [0.29, 0.717) is 17.2 Å². The van der Waals surface area contributed by atoms with Gasteiger partial charge in [0.2, 0.25) is 88.6 Å². The second-order valence-electron chi connectivity index (χ2n) is 27.8. The summed E-state index contributed by atoms with van der Waals surface area (Å²) in [4.78, 5) is 238. The molecule has 1 saturated heterocycles. The van der Waals surface area contributed by atoms with Gasteiger partial charge in [-0.2, -0.15) is 0 Å². The number of hydrogen-bond acceptors (Lipinski definition) is 21. The quantitative estimate of drug-likeness (QED) is 0.0114. The van der Waals surface area contributed by atoms with Gasteiger partial charge in [-0.15, -0.1) is 0 Å². The number of aromatic nitrogens is 4. The minimum absolute atomic E-state index is 0.0260. The number of carboxylic acids is 1. The Morgan fingerprint density at radius 3 is 1.70 bits per heavy atom. The van der Waals surface area contributed by atoms with Crippen molar-refractivity contribution in [2.24, 2.45) is 29.0 Å². The number of nitrogens with one attached hydrogen (secondary N) is 18. The van der Waals surface area contributed by atoms with Crippen molar-refractivity contribution in [2.45, 2.75) is 185 Å². The molecule has 5 aromatic rings. The summed E-state index contributed by atoms with van der Waals surface area (Å²) in [6, 6.07) is -13.5. The molecule has 0 spiro atoms. The van der Waals surface area contributed by atoms with Crippen molar-refractivity contribution < 1.29 is 95.7 Å². The third-order valence-electron chi connectivity index (χ3n) is 18.3. The predicted octanol–water partition coefficient (Wildman–Crippen LogP) is -4.38. The lowest BCUT2D eigenvalue weighted by Crippen LogP contribution is -2.61. The number of carbonyl (C=O) groups excluding carboxylic acids is 15. The van der Waals surface area contributed by atoms with E-state index in [1.165, 1.54) is 57.8 Å². The first-order chi connectivity index (χ1) is 54.3. The smallest absolute Gasteiger partial charge is 0.305 e. The van der Waals surface area contributed by atoms with Crippen LogP contribution >= 0.6 is 21.6 Å². The molecule has 40 nitrogen and oxygen atoms in total. The summed E-state index contributed by atoms with van der Waals surface area (Å²) in [6.07, 6.45) is -0.186. The maximum absolute atomic E-state index is 15.1. The first-order valence-corrected chi connectivity index (χ1v) is 39.0. The molecule has 626 valence electrons. The molecule has 15 amide bonds. The molecule has 2 aromatic carbocycles. The maximum atomic E-state index is 15.1. The predicted molar refractivity (Wildman–Crippen MR) is 414 cm³/mol. The third kappa shape index (κ3) is 28.6. The van der Waals surface area contributed by atoms with Crippen LogP contribution in [0.1, 0.15) is 104 Å². The van der Waals surface area contributed by atoms with Crippen LogP contribution in [-0.4, -0.2) is 234 Å². The number of nitrogens with zero attached hydrogens (tertiary/aromatic N) is 1. The van der Waals surface area contributed by atoms with Gasteiger partial charge in [-0.05, 0) is 92.5 Å². The van der Waals surface area contributed by atoms with Crippen LogP contribution in [0.5, 0.6) is 0 Å². The molecule has 3 aromatic heterocycles. The summed E-state index contributed by atoms with van der Waals surface area (Å²) < 4.78 is 29.1. The van der Waals surface area contributed by atoms with Gasteiger partial charge in [-0.1, -0.05) is 55.7 Å². The highest BCUT2D eigenvalue weighted by molar-refractivity contribution is 8.76. The molecule has 0 unspecified atom stereocenters. The molecule has 0 bridgehead atoms. The highest BCUT2D eigenvalue weighted by Crippen LogP contribution is 2.26. The van der Waals surface area contributed by atoms with Gasteiger partial charge in [0, 0.05) is 96.7 Å². The van der Waals surface area contributed by atoms with Crippen LogP contribution in [0.15, 0.2) is 61.3 Å². The third-order valence-corrected chi connectivity index (χ3v) is 20.7. The topological polar surface area (TPSA) is 644 Å². The van der Waals surface area contributed by atoms with E-state index < -0.39 is 253 Å². The lowest BCUT2D eigenvalue weighted by Gasteiger charge is -2.29. The number of nitrogens with two attached hydrogens (primary N) is 3. The van der Waals surface area contributed by atoms with Gasteiger partial charge in [0.05, 0.1) is 25.4 Å². The minimum Gasteiger partial charge on any atom is -0.481 e. The van der Waals surface area contributed by atoms with Gasteiger partial charge in [0.15, 0.2) is 5.96 Å². The number of rotatable bonds is 25. The molecule has 26 N–H and O–H groups in total. The largest absolute Gasteiger partial charge is 0.481 e. The first-order valence-electron chi connectivity index (χ1n) is 36.5. The van der Waals surface area contributed by atoms with Crippen LogP contribution in [0.2, 0.25) is 0 Å². The van der Waals surface area contributed by atoms with Gasteiger partial charge in [-0.3, -0.25) is 82.1 Å². The molecule has 14 atom stereocenters. The fourth-order valence-corrected chi connectivity index (χ4v) is 14.2. The summed E-state index contributed by atoms with van der Waals surface area (Å²) in [6.45, 7) is 8.81. The number of carbonyl (C=O) groups is 16. The Bertz CT molecular complexity index is 4370. The van der Waals surface area contributed by atoms with Crippen LogP contribution in [0.25, 0.3) is 21.8 Å². The Kier molecular flexibility index (Phi) is 35.1. The lowest BCUT2D eigenvalue weighted by atomic mass is 9.97. The molecule has 0 radical (unpaired) electrons. The number of aliphatic hydroxyl groups is 1. The second kappa shape index (κ2) is 43.9. The van der Waals surface area contributed by atoms with E-state index in [-0.39, 0.29) is 53.7 Å². The van der Waals surface area contributed by atoms with Gasteiger partial charge in [-0.25, -0.2) is 13.8 Å². The van der Waals surface area contributed by atoms with E-state index in [0.717, 1.165) is 59.7 Å². The van der Waals surface area contributed by atoms with Crippen molar-refractivity contribution in [3.63, 3.8) is 0 Å². The monoisotopic (exact) mass is 1650 g/mol. The normalized spacial score (nSPS) is 22.5. The SMILES string of the molecule is CC[C@H](C)[C@H](NC(C)=O)C(=O)N[C@H]1CSSC[C@@H](C(=O)N[C@H](C(N)=O)[C@@H](C)O)NC(=O)[C@H](CCCNC(=N)N)NC(=O)[C@H](Cc2cnc[nH]2)NC(=O)[C@H](C)NC(=O)CNC(=O)[C@H](Cc2c[nH]c3cc(F)ccc23)NC(=O)[C@H](CC(=O)O)NC(=O)[C@H](CCC(N)=O)NC(=O)[C@H](Cc2c[nH]c3cc(F)ccc23)NC(=O)[C@H](C(C)C)NC1=O. The molecule has 1 aliphatic rings. The number of carboxylic acid groups (broad SMARTS) is 1. The number of aliphatic hydroxyl groups excluding tert-OH is 1.